The third kappa shape index (κ3) is 2.84. The summed E-state index contributed by atoms with van der Waals surface area (Å²) in [5, 5.41) is 4.13. The molecule has 0 saturated carbocycles. The third-order valence-corrected chi connectivity index (χ3v) is 2.45. The van der Waals surface area contributed by atoms with Crippen LogP contribution in [0.5, 0.6) is 11.5 Å². The van der Waals surface area contributed by atoms with Crippen molar-refractivity contribution < 1.29 is 19.0 Å². The molecule has 1 aromatic rings. The van der Waals surface area contributed by atoms with E-state index in [1.807, 2.05) is 0 Å². The predicted octanol–water partition coefficient (Wildman–Crippen LogP) is 1.80. The van der Waals surface area contributed by atoms with E-state index < -0.39 is 6.09 Å². The zero-order chi connectivity index (χ0) is 13.0. The first-order chi connectivity index (χ1) is 8.70. The van der Waals surface area contributed by atoms with Crippen LogP contribution in [0, 0.1) is 0 Å². The molecule has 0 radical (unpaired) electrons. The molecule has 0 unspecified atom stereocenters. The number of hydrogen-bond acceptors (Lipinski definition) is 5. The van der Waals surface area contributed by atoms with Crippen molar-refractivity contribution in [3.05, 3.63) is 22.7 Å². The minimum absolute atomic E-state index is 0.437. The zero-order valence-corrected chi connectivity index (χ0v) is 10.4. The molecule has 0 atom stereocenters. The van der Waals surface area contributed by atoms with Gasteiger partial charge in [-0.15, -0.1) is 0 Å². The molecular formula is C11H11ClN2O4. The van der Waals surface area contributed by atoms with Gasteiger partial charge in [-0.2, -0.15) is 5.10 Å². The van der Waals surface area contributed by atoms with Gasteiger partial charge < -0.3 is 14.2 Å². The smallest absolute Gasteiger partial charge is 0.427 e. The molecule has 0 bridgehead atoms. The van der Waals surface area contributed by atoms with Gasteiger partial charge in [-0.3, -0.25) is 0 Å². The molecule has 0 aromatic heterocycles. The van der Waals surface area contributed by atoms with E-state index in [9.17, 15) is 4.79 Å². The van der Waals surface area contributed by atoms with Gasteiger partial charge >= 0.3 is 6.09 Å². The van der Waals surface area contributed by atoms with E-state index in [0.717, 1.165) is 0 Å². The highest BCUT2D eigenvalue weighted by molar-refractivity contribution is 6.32. The first-order valence-electron chi connectivity index (χ1n) is 5.17. The summed E-state index contributed by atoms with van der Waals surface area (Å²) >= 11 is 6.04. The second-order valence-corrected chi connectivity index (χ2v) is 3.80. The Morgan fingerprint density at radius 3 is 3.06 bits per heavy atom. The lowest BCUT2D eigenvalue weighted by Gasteiger charge is -2.19. The number of carbonyl (C=O) groups is 1. The normalized spacial score (nSPS) is 13.4. The van der Waals surface area contributed by atoms with Crippen LogP contribution in [-0.4, -0.2) is 32.6 Å². The summed E-state index contributed by atoms with van der Waals surface area (Å²) in [6.45, 7) is 0.953. The molecule has 0 spiro atoms. The van der Waals surface area contributed by atoms with E-state index in [4.69, 9.17) is 21.1 Å². The maximum atomic E-state index is 10.8. The molecule has 1 aliphatic heterocycles. The number of benzene rings is 1. The Labute approximate surface area is 108 Å². The maximum Gasteiger partial charge on any atom is 0.427 e. The van der Waals surface area contributed by atoms with Gasteiger partial charge in [-0.25, -0.2) is 10.2 Å². The topological polar surface area (TPSA) is 69.2 Å². The summed E-state index contributed by atoms with van der Waals surface area (Å²) in [6.07, 6.45) is 0.788. The van der Waals surface area contributed by atoms with Gasteiger partial charge in [0.25, 0.3) is 0 Å². The molecule has 0 fully saturated rings. The number of methoxy groups -OCH3 is 1. The minimum Gasteiger partial charge on any atom is -0.486 e. The highest BCUT2D eigenvalue weighted by atomic mass is 35.5. The SMILES string of the molecule is COC(=O)N/N=C\c1cc(Cl)c2c(c1)OCCO2. The molecule has 1 N–H and O–H groups in total. The average molecular weight is 271 g/mol. The molecule has 2 rings (SSSR count). The second kappa shape index (κ2) is 5.59. The van der Waals surface area contributed by atoms with Gasteiger partial charge in [-0.1, -0.05) is 11.6 Å². The van der Waals surface area contributed by atoms with Crippen molar-refractivity contribution in [3.8, 4) is 11.5 Å². The summed E-state index contributed by atoms with van der Waals surface area (Å²) < 4.78 is 15.2. The van der Waals surface area contributed by atoms with Crippen molar-refractivity contribution in [1.82, 2.24) is 5.43 Å². The van der Waals surface area contributed by atoms with Gasteiger partial charge in [0.05, 0.1) is 18.3 Å². The first kappa shape index (κ1) is 12.5. The zero-order valence-electron chi connectivity index (χ0n) is 9.60. The van der Waals surface area contributed by atoms with Crippen LogP contribution in [0.4, 0.5) is 4.79 Å². The molecule has 1 heterocycles. The van der Waals surface area contributed by atoms with Crippen molar-refractivity contribution in [3.63, 3.8) is 0 Å². The summed E-state index contributed by atoms with van der Waals surface area (Å²) in [4.78, 5) is 10.8. The minimum atomic E-state index is -0.644. The Kier molecular flexibility index (Phi) is 3.88. The fourth-order valence-corrected chi connectivity index (χ4v) is 1.68. The highest BCUT2D eigenvalue weighted by Crippen LogP contribution is 2.37. The quantitative estimate of drug-likeness (QED) is 0.657. The lowest BCUT2D eigenvalue weighted by atomic mass is 10.2. The number of nitrogens with zero attached hydrogens (tertiary/aromatic N) is 1. The molecule has 0 saturated heterocycles. The Morgan fingerprint density at radius 2 is 2.28 bits per heavy atom. The molecule has 7 heteroatoms. The standard InChI is InChI=1S/C11H11ClN2O4/c1-16-11(15)14-13-6-7-4-8(12)10-9(5-7)17-2-3-18-10/h4-6H,2-3H2,1H3,(H,14,15)/b13-6-. The van der Waals surface area contributed by atoms with Crippen LogP contribution in [0.3, 0.4) is 0 Å². The van der Waals surface area contributed by atoms with Crippen LogP contribution in [0.1, 0.15) is 5.56 Å². The largest absolute Gasteiger partial charge is 0.486 e. The van der Waals surface area contributed by atoms with Crippen LogP contribution in [0.2, 0.25) is 5.02 Å². The average Bonchev–Trinajstić information content (AvgIpc) is 2.38. The lowest BCUT2D eigenvalue weighted by Crippen LogP contribution is -2.17. The molecule has 6 nitrogen and oxygen atoms in total. The summed E-state index contributed by atoms with van der Waals surface area (Å²) in [5.74, 6) is 1.09. The Balaban J connectivity index is 2.14. The molecule has 96 valence electrons. The van der Waals surface area contributed by atoms with Crippen LogP contribution in [-0.2, 0) is 4.74 Å². The van der Waals surface area contributed by atoms with Crippen molar-refractivity contribution in [2.45, 2.75) is 0 Å². The number of nitrogens with one attached hydrogen (secondary N) is 1. The number of halogens is 1. The van der Waals surface area contributed by atoms with Crippen molar-refractivity contribution in [2.75, 3.05) is 20.3 Å². The monoisotopic (exact) mass is 270 g/mol. The molecule has 1 amide bonds. The van der Waals surface area contributed by atoms with E-state index in [-0.39, 0.29) is 0 Å². The van der Waals surface area contributed by atoms with Crippen molar-refractivity contribution >= 4 is 23.9 Å². The fraction of sp³-hybridized carbons (Fsp3) is 0.273. The van der Waals surface area contributed by atoms with E-state index in [0.29, 0.717) is 35.3 Å². The molecule has 1 aromatic carbocycles. The van der Waals surface area contributed by atoms with Gasteiger partial charge in [0.1, 0.15) is 13.2 Å². The Bertz CT molecular complexity index is 490. The Hall–Kier alpha value is -1.95. The maximum absolute atomic E-state index is 10.8. The number of carbonyl (C=O) groups excluding carboxylic acids is 1. The number of ether oxygens (including phenoxy) is 3. The number of amides is 1. The predicted molar refractivity (Wildman–Crippen MR) is 65.6 cm³/mol. The first-order valence-corrected chi connectivity index (χ1v) is 5.54. The van der Waals surface area contributed by atoms with E-state index >= 15 is 0 Å². The highest BCUT2D eigenvalue weighted by Gasteiger charge is 2.15. The van der Waals surface area contributed by atoms with Crippen LogP contribution >= 0.6 is 11.6 Å². The summed E-state index contributed by atoms with van der Waals surface area (Å²) in [7, 11) is 1.26. The lowest BCUT2D eigenvalue weighted by molar-refractivity contribution is 0.171. The summed E-state index contributed by atoms with van der Waals surface area (Å²) in [6, 6.07) is 3.39. The molecule has 0 aliphatic carbocycles. The van der Waals surface area contributed by atoms with Crippen LogP contribution in [0.25, 0.3) is 0 Å². The third-order valence-electron chi connectivity index (χ3n) is 2.17. The van der Waals surface area contributed by atoms with Crippen molar-refractivity contribution in [1.29, 1.82) is 0 Å². The summed E-state index contributed by atoms with van der Waals surface area (Å²) in [5.41, 5.74) is 2.85. The van der Waals surface area contributed by atoms with E-state index in [2.05, 4.69) is 15.3 Å². The number of hydrogen-bond donors (Lipinski definition) is 1. The van der Waals surface area contributed by atoms with Gasteiger partial charge in [0, 0.05) is 0 Å². The number of fused-ring (bicyclic) bond motifs is 1. The van der Waals surface area contributed by atoms with Gasteiger partial charge in [0.2, 0.25) is 0 Å². The van der Waals surface area contributed by atoms with E-state index in [1.54, 1.807) is 12.1 Å². The van der Waals surface area contributed by atoms with Crippen LogP contribution in [0.15, 0.2) is 17.2 Å². The number of rotatable bonds is 2. The molecule has 1 aliphatic rings. The molecule has 18 heavy (non-hydrogen) atoms. The van der Waals surface area contributed by atoms with Crippen LogP contribution < -0.4 is 14.9 Å². The Morgan fingerprint density at radius 1 is 1.50 bits per heavy atom. The van der Waals surface area contributed by atoms with Gasteiger partial charge in [0.15, 0.2) is 11.5 Å². The molecular weight excluding hydrogens is 260 g/mol. The van der Waals surface area contributed by atoms with Crippen molar-refractivity contribution in [2.24, 2.45) is 5.10 Å². The van der Waals surface area contributed by atoms with Gasteiger partial charge in [-0.05, 0) is 17.7 Å². The number of hydrazone groups is 1. The fourth-order valence-electron chi connectivity index (χ4n) is 1.41. The van der Waals surface area contributed by atoms with E-state index in [1.165, 1.54) is 13.3 Å². The second-order valence-electron chi connectivity index (χ2n) is 3.39.